The van der Waals surface area contributed by atoms with Gasteiger partial charge in [0, 0.05) is 31.4 Å². The summed E-state index contributed by atoms with van der Waals surface area (Å²) in [5.41, 5.74) is 0. The fraction of sp³-hybridized carbons (Fsp3) is 0.875. The number of carbonyl (C=O) groups is 1. The second-order valence-corrected chi connectivity index (χ2v) is 8.26. The average molecular weight is 456 g/mol. The average Bonchev–Trinajstić information content (AvgIpc) is 2.50. The summed E-state index contributed by atoms with van der Waals surface area (Å²) in [5.74, 6) is 0.790. The van der Waals surface area contributed by atoms with Crippen LogP contribution in [-0.4, -0.2) is 61.0 Å². The molecule has 5 nitrogen and oxygen atoms in total. The van der Waals surface area contributed by atoms with Gasteiger partial charge in [0.2, 0.25) is 5.91 Å². The molecule has 0 aromatic heterocycles. The van der Waals surface area contributed by atoms with Gasteiger partial charge in [0.1, 0.15) is 6.54 Å². The smallest absolute Gasteiger partial charge is 0.243 e. The van der Waals surface area contributed by atoms with Crippen molar-refractivity contribution in [3.05, 3.63) is 0 Å². The first-order valence-corrected chi connectivity index (χ1v) is 9.36. The van der Waals surface area contributed by atoms with E-state index in [2.05, 4.69) is 35.7 Å². The lowest BCUT2D eigenvalue weighted by atomic mass is 9.96. The largest absolute Gasteiger partial charge is 0.355 e. The van der Waals surface area contributed by atoms with Crippen LogP contribution >= 0.6 is 35.7 Å². The van der Waals surface area contributed by atoms with E-state index in [4.69, 9.17) is 0 Å². The molecule has 1 rings (SSSR count). The molecule has 0 radical (unpaired) electrons. The normalized spacial score (nSPS) is 16.5. The number of aliphatic imine (C=N–C) groups is 1. The van der Waals surface area contributed by atoms with Crippen LogP contribution in [0.15, 0.2) is 4.99 Å². The number of amides is 1. The summed E-state index contributed by atoms with van der Waals surface area (Å²) in [6.45, 7) is 5.42. The molecular formula is C16H33IN4OS. The number of nitrogens with zero attached hydrogens (tertiary/aromatic N) is 2. The van der Waals surface area contributed by atoms with Crippen molar-refractivity contribution in [1.82, 2.24) is 15.5 Å². The number of nitrogens with one attached hydrogen (secondary N) is 2. The summed E-state index contributed by atoms with van der Waals surface area (Å²) in [7, 11) is 3.52. The number of hydrogen-bond acceptors (Lipinski definition) is 3. The van der Waals surface area contributed by atoms with Crippen LogP contribution in [0.3, 0.4) is 0 Å². The Hall–Kier alpha value is -0.180. The molecule has 1 aliphatic rings. The molecule has 136 valence electrons. The highest BCUT2D eigenvalue weighted by atomic mass is 127. The predicted octanol–water partition coefficient (Wildman–Crippen LogP) is 2.70. The first kappa shape index (κ1) is 22.8. The third-order valence-corrected chi connectivity index (χ3v) is 5.30. The minimum atomic E-state index is 0. The maximum absolute atomic E-state index is 11.8. The lowest BCUT2D eigenvalue weighted by Crippen LogP contribution is -2.48. The van der Waals surface area contributed by atoms with E-state index in [9.17, 15) is 4.79 Å². The van der Waals surface area contributed by atoms with Crippen LogP contribution in [0.1, 0.15) is 46.0 Å². The third-order valence-electron chi connectivity index (χ3n) is 4.05. The van der Waals surface area contributed by atoms with Gasteiger partial charge in [-0.1, -0.05) is 19.3 Å². The van der Waals surface area contributed by atoms with Crippen LogP contribution in [-0.2, 0) is 4.79 Å². The topological polar surface area (TPSA) is 56.7 Å². The van der Waals surface area contributed by atoms with Crippen LogP contribution in [0.5, 0.6) is 0 Å². The van der Waals surface area contributed by atoms with E-state index in [1.165, 1.54) is 32.1 Å². The van der Waals surface area contributed by atoms with Crippen LogP contribution in [0, 0.1) is 0 Å². The number of rotatable bonds is 6. The highest BCUT2D eigenvalue weighted by Crippen LogP contribution is 2.20. The van der Waals surface area contributed by atoms with Gasteiger partial charge in [0.15, 0.2) is 5.96 Å². The molecule has 1 aliphatic carbocycles. The van der Waals surface area contributed by atoms with Crippen molar-refractivity contribution in [1.29, 1.82) is 0 Å². The van der Waals surface area contributed by atoms with E-state index in [-0.39, 0.29) is 41.2 Å². The Morgan fingerprint density at radius 3 is 2.39 bits per heavy atom. The number of carbonyl (C=O) groups excluding carboxylic acids is 1. The number of guanidine groups is 1. The SMILES string of the molecule is CSC(C)(C)CNC(=NCC(=O)N(C)C)NC1CCCCC1.I. The standard InChI is InChI=1S/C16H32N4OS.HI/c1-16(2,22-5)12-18-15(17-11-14(21)20(3)4)19-13-9-7-6-8-10-13;/h13H,6-12H2,1-5H3,(H2,17,18,19);1H. The molecule has 7 heteroatoms. The molecule has 2 N–H and O–H groups in total. The highest BCUT2D eigenvalue weighted by Gasteiger charge is 2.19. The summed E-state index contributed by atoms with van der Waals surface area (Å²) in [6, 6.07) is 0.479. The fourth-order valence-corrected chi connectivity index (χ4v) is 2.47. The van der Waals surface area contributed by atoms with Gasteiger partial charge < -0.3 is 15.5 Å². The molecule has 0 saturated heterocycles. The molecule has 0 spiro atoms. The molecule has 0 aromatic carbocycles. The molecule has 0 aliphatic heterocycles. The van der Waals surface area contributed by atoms with Crippen LogP contribution in [0.2, 0.25) is 0 Å². The Morgan fingerprint density at radius 1 is 1.26 bits per heavy atom. The van der Waals surface area contributed by atoms with Crippen molar-refractivity contribution in [3.63, 3.8) is 0 Å². The van der Waals surface area contributed by atoms with E-state index in [0.717, 1.165) is 12.5 Å². The Balaban J connectivity index is 0.00000484. The fourth-order valence-electron chi connectivity index (χ4n) is 2.25. The third kappa shape index (κ3) is 9.64. The maximum atomic E-state index is 11.8. The van der Waals surface area contributed by atoms with E-state index in [1.54, 1.807) is 19.0 Å². The number of likely N-dealkylation sites (N-methyl/N-ethyl adjacent to an activating group) is 1. The number of halogens is 1. The monoisotopic (exact) mass is 456 g/mol. The first-order valence-electron chi connectivity index (χ1n) is 8.14. The lowest BCUT2D eigenvalue weighted by Gasteiger charge is -2.28. The zero-order valence-corrected chi connectivity index (χ0v) is 18.3. The Labute approximate surface area is 162 Å². The van der Waals surface area contributed by atoms with Gasteiger partial charge in [0.25, 0.3) is 0 Å². The van der Waals surface area contributed by atoms with Gasteiger partial charge in [-0.15, -0.1) is 24.0 Å². The van der Waals surface area contributed by atoms with Crippen molar-refractivity contribution >= 4 is 47.6 Å². The van der Waals surface area contributed by atoms with Crippen LogP contribution in [0.25, 0.3) is 0 Å². The molecule has 0 atom stereocenters. The van der Waals surface area contributed by atoms with Gasteiger partial charge in [-0.2, -0.15) is 11.8 Å². The van der Waals surface area contributed by atoms with Gasteiger partial charge in [-0.3, -0.25) is 4.79 Å². The summed E-state index contributed by atoms with van der Waals surface area (Å²) in [4.78, 5) is 17.8. The lowest BCUT2D eigenvalue weighted by molar-refractivity contribution is -0.127. The van der Waals surface area contributed by atoms with E-state index < -0.39 is 0 Å². The Kier molecular flexibility index (Phi) is 11.3. The Bertz CT molecular complexity index is 382. The minimum Gasteiger partial charge on any atom is -0.355 e. The van der Waals surface area contributed by atoms with Gasteiger partial charge in [0.05, 0.1) is 0 Å². The van der Waals surface area contributed by atoms with E-state index in [0.29, 0.717) is 6.04 Å². The molecule has 1 amide bonds. The van der Waals surface area contributed by atoms with Crippen molar-refractivity contribution in [3.8, 4) is 0 Å². The molecule has 1 saturated carbocycles. The number of thioether (sulfide) groups is 1. The molecule has 0 aromatic rings. The highest BCUT2D eigenvalue weighted by molar-refractivity contribution is 14.0. The van der Waals surface area contributed by atoms with Crippen molar-refractivity contribution in [2.24, 2.45) is 4.99 Å². The summed E-state index contributed by atoms with van der Waals surface area (Å²) >= 11 is 1.82. The molecule has 1 fully saturated rings. The maximum Gasteiger partial charge on any atom is 0.243 e. The molecule has 23 heavy (non-hydrogen) atoms. The molecule has 0 heterocycles. The second kappa shape index (κ2) is 11.4. The van der Waals surface area contributed by atoms with Gasteiger partial charge >= 0.3 is 0 Å². The van der Waals surface area contributed by atoms with Crippen molar-refractivity contribution in [2.45, 2.75) is 56.7 Å². The van der Waals surface area contributed by atoms with E-state index >= 15 is 0 Å². The summed E-state index contributed by atoms with van der Waals surface area (Å²) < 4.78 is 0.139. The molecule has 0 unspecified atom stereocenters. The minimum absolute atomic E-state index is 0. The van der Waals surface area contributed by atoms with Gasteiger partial charge in [-0.05, 0) is 32.9 Å². The van der Waals surface area contributed by atoms with Crippen molar-refractivity contribution in [2.75, 3.05) is 33.4 Å². The van der Waals surface area contributed by atoms with Crippen LogP contribution < -0.4 is 10.6 Å². The zero-order chi connectivity index (χ0) is 16.6. The Morgan fingerprint density at radius 2 is 1.87 bits per heavy atom. The summed E-state index contributed by atoms with van der Waals surface area (Å²) in [5, 5.41) is 6.91. The number of hydrogen-bond donors (Lipinski definition) is 2. The quantitative estimate of drug-likeness (QED) is 0.367. The predicted molar refractivity (Wildman–Crippen MR) is 112 cm³/mol. The zero-order valence-electron chi connectivity index (χ0n) is 15.1. The van der Waals surface area contributed by atoms with E-state index in [1.807, 2.05) is 11.8 Å². The summed E-state index contributed by atoms with van der Waals surface area (Å²) in [6.07, 6.45) is 8.37. The molecular weight excluding hydrogens is 423 g/mol. The van der Waals surface area contributed by atoms with Gasteiger partial charge in [-0.25, -0.2) is 4.99 Å². The first-order chi connectivity index (χ1) is 10.3. The van der Waals surface area contributed by atoms with Crippen molar-refractivity contribution < 1.29 is 4.79 Å². The molecule has 0 bridgehead atoms. The van der Waals surface area contributed by atoms with Crippen LogP contribution in [0.4, 0.5) is 0 Å². The second-order valence-electron chi connectivity index (χ2n) is 6.75.